The molecule has 0 spiro atoms. The van der Waals surface area contributed by atoms with E-state index in [-0.39, 0.29) is 12.3 Å². The fourth-order valence-corrected chi connectivity index (χ4v) is 1.45. The molecule has 1 aliphatic carbocycles. The molecule has 0 saturated heterocycles. The van der Waals surface area contributed by atoms with Crippen LogP contribution in [0.5, 0.6) is 0 Å². The van der Waals surface area contributed by atoms with Gasteiger partial charge in [0.05, 0.1) is 12.9 Å². The highest BCUT2D eigenvalue weighted by Crippen LogP contribution is 2.33. The van der Waals surface area contributed by atoms with Gasteiger partial charge in [0.15, 0.2) is 0 Å². The number of rotatable bonds is 1. The Hall–Kier alpha value is -0.930. The number of allylic oxidation sites excluding steroid dienone is 4. The van der Waals surface area contributed by atoms with Gasteiger partial charge in [-0.05, 0) is 18.9 Å². The molecule has 0 aromatic carbocycles. The van der Waals surface area contributed by atoms with Gasteiger partial charge in [0.2, 0.25) is 0 Å². The van der Waals surface area contributed by atoms with E-state index in [1.54, 1.807) is 0 Å². The maximum Gasteiger partial charge on any atom is 0.412 e. The van der Waals surface area contributed by atoms with E-state index < -0.39 is 11.7 Å². The first kappa shape index (κ1) is 11.1. The van der Waals surface area contributed by atoms with E-state index in [1.807, 2.05) is 6.92 Å². The van der Waals surface area contributed by atoms with E-state index in [4.69, 9.17) is 4.74 Å². The van der Waals surface area contributed by atoms with E-state index in [2.05, 4.69) is 0 Å². The van der Waals surface area contributed by atoms with Crippen molar-refractivity contribution in [2.24, 2.45) is 5.92 Å². The minimum absolute atomic E-state index is 0.0519. The second kappa shape index (κ2) is 4.07. The predicted molar refractivity (Wildman–Crippen MR) is 47.6 cm³/mol. The number of ether oxygens (including phenoxy) is 1. The lowest BCUT2D eigenvalue weighted by Crippen LogP contribution is -2.11. The average Bonchev–Trinajstić information content (AvgIpc) is 2.25. The van der Waals surface area contributed by atoms with E-state index >= 15 is 0 Å². The molecule has 1 aliphatic rings. The summed E-state index contributed by atoms with van der Waals surface area (Å²) in [5, 5.41) is 0. The Balaban J connectivity index is 2.85. The van der Waals surface area contributed by atoms with Crippen LogP contribution in [0.1, 0.15) is 19.8 Å². The molecule has 0 aromatic heterocycles. The summed E-state index contributed by atoms with van der Waals surface area (Å²) in [5.41, 5.74) is -0.476. The summed E-state index contributed by atoms with van der Waals surface area (Å²) in [6.45, 7) is 1.86. The minimum atomic E-state index is -4.21. The predicted octanol–water partition coefficient (Wildman–Crippen LogP) is 3.44. The Morgan fingerprint density at radius 3 is 2.50 bits per heavy atom. The van der Waals surface area contributed by atoms with Crippen molar-refractivity contribution < 1.29 is 17.9 Å². The molecular formula is C10H13F3O. The van der Waals surface area contributed by atoms with Gasteiger partial charge in [-0.1, -0.05) is 13.0 Å². The summed E-state index contributed by atoms with van der Waals surface area (Å²) in [6.07, 6.45) is -1.14. The highest BCUT2D eigenvalue weighted by molar-refractivity contribution is 5.22. The Labute approximate surface area is 81.2 Å². The molecule has 0 N–H and O–H groups in total. The van der Waals surface area contributed by atoms with Crippen molar-refractivity contribution in [3.05, 3.63) is 23.5 Å². The third-order valence-corrected chi connectivity index (χ3v) is 2.38. The van der Waals surface area contributed by atoms with Gasteiger partial charge in [0.25, 0.3) is 0 Å². The molecule has 0 fully saturated rings. The van der Waals surface area contributed by atoms with Crippen LogP contribution in [0.25, 0.3) is 0 Å². The van der Waals surface area contributed by atoms with Crippen LogP contribution in [0.2, 0.25) is 0 Å². The highest BCUT2D eigenvalue weighted by atomic mass is 19.4. The van der Waals surface area contributed by atoms with Gasteiger partial charge in [0, 0.05) is 11.5 Å². The van der Waals surface area contributed by atoms with Crippen LogP contribution in [0.15, 0.2) is 23.5 Å². The SMILES string of the molecule is COC1=CC=C(C(F)(F)F)CCC1C. The molecule has 0 amide bonds. The summed E-state index contributed by atoms with van der Waals surface area (Å²) < 4.78 is 42.0. The van der Waals surface area contributed by atoms with Gasteiger partial charge in [-0.2, -0.15) is 13.2 Å². The van der Waals surface area contributed by atoms with E-state index in [0.29, 0.717) is 12.2 Å². The van der Waals surface area contributed by atoms with Gasteiger partial charge in [-0.15, -0.1) is 0 Å². The molecule has 1 atom stereocenters. The van der Waals surface area contributed by atoms with E-state index in [1.165, 1.54) is 13.2 Å². The Morgan fingerprint density at radius 1 is 1.36 bits per heavy atom. The van der Waals surface area contributed by atoms with Gasteiger partial charge in [0.1, 0.15) is 0 Å². The van der Waals surface area contributed by atoms with Crippen molar-refractivity contribution in [3.8, 4) is 0 Å². The number of halogens is 3. The summed E-state index contributed by atoms with van der Waals surface area (Å²) >= 11 is 0. The fourth-order valence-electron chi connectivity index (χ4n) is 1.45. The van der Waals surface area contributed by atoms with Crippen molar-refractivity contribution in [1.29, 1.82) is 0 Å². The standard InChI is InChI=1S/C10H13F3O/c1-7-3-4-8(10(11,12)13)5-6-9(7)14-2/h5-7H,3-4H2,1-2H3. The highest BCUT2D eigenvalue weighted by Gasteiger charge is 2.33. The van der Waals surface area contributed by atoms with Crippen LogP contribution in [0, 0.1) is 5.92 Å². The summed E-state index contributed by atoms with van der Waals surface area (Å²) in [7, 11) is 1.48. The number of methoxy groups -OCH3 is 1. The zero-order chi connectivity index (χ0) is 10.8. The maximum absolute atomic E-state index is 12.3. The summed E-state index contributed by atoms with van der Waals surface area (Å²) in [6, 6.07) is 0. The van der Waals surface area contributed by atoms with Crippen molar-refractivity contribution in [1.82, 2.24) is 0 Å². The van der Waals surface area contributed by atoms with Crippen LogP contribution in [0.4, 0.5) is 13.2 Å². The second-order valence-corrected chi connectivity index (χ2v) is 3.40. The third kappa shape index (κ3) is 2.53. The molecule has 1 nitrogen and oxygen atoms in total. The molecule has 0 saturated carbocycles. The fraction of sp³-hybridized carbons (Fsp3) is 0.600. The van der Waals surface area contributed by atoms with Crippen LogP contribution in [-0.4, -0.2) is 13.3 Å². The number of hydrogen-bond donors (Lipinski definition) is 0. The second-order valence-electron chi connectivity index (χ2n) is 3.40. The van der Waals surface area contributed by atoms with Gasteiger partial charge >= 0.3 is 6.18 Å². The first-order valence-corrected chi connectivity index (χ1v) is 4.47. The van der Waals surface area contributed by atoms with Gasteiger partial charge in [-0.3, -0.25) is 0 Å². The lowest BCUT2D eigenvalue weighted by Gasteiger charge is -2.13. The molecule has 4 heteroatoms. The molecule has 14 heavy (non-hydrogen) atoms. The van der Waals surface area contributed by atoms with Crippen molar-refractivity contribution in [3.63, 3.8) is 0 Å². The molecule has 1 rings (SSSR count). The lowest BCUT2D eigenvalue weighted by molar-refractivity contribution is -0.0942. The Bertz CT molecular complexity index is 263. The smallest absolute Gasteiger partial charge is 0.412 e. The molecule has 0 aliphatic heterocycles. The number of hydrogen-bond acceptors (Lipinski definition) is 1. The zero-order valence-corrected chi connectivity index (χ0v) is 8.19. The minimum Gasteiger partial charge on any atom is -0.501 e. The summed E-state index contributed by atoms with van der Waals surface area (Å²) in [4.78, 5) is 0. The summed E-state index contributed by atoms with van der Waals surface area (Å²) in [5.74, 6) is 0.667. The zero-order valence-electron chi connectivity index (χ0n) is 8.19. The average molecular weight is 206 g/mol. The van der Waals surface area contributed by atoms with Crippen molar-refractivity contribution in [2.75, 3.05) is 7.11 Å². The molecule has 80 valence electrons. The van der Waals surface area contributed by atoms with Crippen LogP contribution in [0.3, 0.4) is 0 Å². The maximum atomic E-state index is 12.3. The normalized spacial score (nSPS) is 23.6. The van der Waals surface area contributed by atoms with Crippen molar-refractivity contribution in [2.45, 2.75) is 25.9 Å². The third-order valence-electron chi connectivity index (χ3n) is 2.38. The van der Waals surface area contributed by atoms with Gasteiger partial charge in [-0.25, -0.2) is 0 Å². The molecule has 0 heterocycles. The first-order valence-electron chi connectivity index (χ1n) is 4.47. The Morgan fingerprint density at radius 2 is 2.00 bits per heavy atom. The Kier molecular flexibility index (Phi) is 3.24. The number of alkyl halides is 3. The molecule has 0 aromatic rings. The lowest BCUT2D eigenvalue weighted by atomic mass is 10.0. The van der Waals surface area contributed by atoms with Crippen LogP contribution in [-0.2, 0) is 4.74 Å². The monoisotopic (exact) mass is 206 g/mol. The molecular weight excluding hydrogens is 193 g/mol. The largest absolute Gasteiger partial charge is 0.501 e. The quantitative estimate of drug-likeness (QED) is 0.638. The van der Waals surface area contributed by atoms with Crippen molar-refractivity contribution >= 4 is 0 Å². The molecule has 1 unspecified atom stereocenters. The van der Waals surface area contributed by atoms with Gasteiger partial charge < -0.3 is 4.74 Å². The van der Waals surface area contributed by atoms with Crippen LogP contribution < -0.4 is 0 Å². The molecule has 0 radical (unpaired) electrons. The van der Waals surface area contributed by atoms with E-state index in [9.17, 15) is 13.2 Å². The topological polar surface area (TPSA) is 9.23 Å². The molecule has 0 bridgehead atoms. The first-order chi connectivity index (χ1) is 6.45. The van der Waals surface area contributed by atoms with Crippen LogP contribution >= 0.6 is 0 Å². The van der Waals surface area contributed by atoms with E-state index in [0.717, 1.165) is 6.08 Å².